The van der Waals surface area contributed by atoms with Gasteiger partial charge in [0.2, 0.25) is 5.95 Å². The van der Waals surface area contributed by atoms with Gasteiger partial charge in [0.25, 0.3) is 5.91 Å². The predicted octanol–water partition coefficient (Wildman–Crippen LogP) is 3.68. The molecule has 2 heterocycles. The highest BCUT2D eigenvalue weighted by Gasteiger charge is 2.21. The number of benzene rings is 2. The van der Waals surface area contributed by atoms with Gasteiger partial charge < -0.3 is 10.2 Å². The van der Waals surface area contributed by atoms with E-state index in [1.54, 1.807) is 24.3 Å². The molecule has 1 aromatic heterocycles. The average Bonchev–Trinajstić information content (AvgIpc) is 2.74. The number of aryl methyl sites for hydroxylation is 1. The first-order valence-corrected chi connectivity index (χ1v) is 8.75. The highest BCUT2D eigenvalue weighted by molar-refractivity contribution is 6.04. The zero-order chi connectivity index (χ0) is 18.6. The Kier molecular flexibility index (Phi) is 4.50. The molecule has 0 radical (unpaired) electrons. The van der Waals surface area contributed by atoms with E-state index in [9.17, 15) is 10.1 Å². The van der Waals surface area contributed by atoms with Gasteiger partial charge in [-0.15, -0.1) is 0 Å². The topological polar surface area (TPSA) is 81.9 Å². The Morgan fingerprint density at radius 2 is 1.89 bits per heavy atom. The summed E-state index contributed by atoms with van der Waals surface area (Å²) in [6.07, 6.45) is 3.47. The van der Waals surface area contributed by atoms with Crippen molar-refractivity contribution in [1.82, 2.24) is 9.97 Å². The van der Waals surface area contributed by atoms with E-state index in [0.29, 0.717) is 11.5 Å². The number of hydrogen-bond donors (Lipinski definition) is 1. The van der Waals surface area contributed by atoms with Crippen molar-refractivity contribution in [1.29, 1.82) is 5.26 Å². The summed E-state index contributed by atoms with van der Waals surface area (Å²) in [5, 5.41) is 12.1. The molecule has 3 aromatic rings. The monoisotopic (exact) mass is 355 g/mol. The number of rotatable bonds is 3. The molecule has 0 spiro atoms. The summed E-state index contributed by atoms with van der Waals surface area (Å²) in [7, 11) is 0. The van der Waals surface area contributed by atoms with E-state index < -0.39 is 0 Å². The van der Waals surface area contributed by atoms with Gasteiger partial charge in [-0.1, -0.05) is 36.4 Å². The van der Waals surface area contributed by atoms with Crippen LogP contribution in [0.15, 0.2) is 60.8 Å². The minimum Gasteiger partial charge on any atom is -0.310 e. The van der Waals surface area contributed by atoms with E-state index >= 15 is 0 Å². The number of hydrogen-bond acceptors (Lipinski definition) is 5. The third kappa shape index (κ3) is 3.35. The second-order valence-electron chi connectivity index (χ2n) is 6.25. The molecule has 1 aliphatic rings. The minimum absolute atomic E-state index is 0.222. The van der Waals surface area contributed by atoms with Crippen LogP contribution in [0.25, 0.3) is 0 Å². The lowest BCUT2D eigenvalue weighted by atomic mass is 10.0. The summed E-state index contributed by atoms with van der Waals surface area (Å²) >= 11 is 0. The second kappa shape index (κ2) is 7.26. The molecule has 6 nitrogen and oxygen atoms in total. The van der Waals surface area contributed by atoms with Crippen LogP contribution in [0, 0.1) is 11.3 Å². The van der Waals surface area contributed by atoms with Gasteiger partial charge in [0, 0.05) is 17.8 Å². The highest BCUT2D eigenvalue weighted by Crippen LogP contribution is 2.32. The van der Waals surface area contributed by atoms with Crippen LogP contribution in [-0.2, 0) is 6.42 Å². The maximum Gasteiger partial charge on any atom is 0.256 e. The first-order chi connectivity index (χ1) is 13.3. The summed E-state index contributed by atoms with van der Waals surface area (Å²) in [6.45, 7) is 0.787. The predicted molar refractivity (Wildman–Crippen MR) is 103 cm³/mol. The van der Waals surface area contributed by atoms with Crippen molar-refractivity contribution in [3.63, 3.8) is 0 Å². The summed E-state index contributed by atoms with van der Waals surface area (Å²) in [4.78, 5) is 23.3. The van der Waals surface area contributed by atoms with E-state index in [4.69, 9.17) is 0 Å². The molecule has 1 amide bonds. The summed E-state index contributed by atoms with van der Waals surface area (Å²) in [5.74, 6) is 0.389. The van der Waals surface area contributed by atoms with Crippen LogP contribution >= 0.6 is 0 Å². The number of aromatic nitrogens is 2. The standard InChI is InChI=1S/C21H17N5O/c22-13-17-14-23-21(26-12-6-10-15-7-4-5-11-18(15)26)25-19(17)24-20(27)16-8-2-1-3-9-16/h1-5,7-9,11,14H,6,10,12H2,(H,23,24,25,27). The molecule has 6 heteroatoms. The van der Waals surface area contributed by atoms with E-state index in [0.717, 1.165) is 25.1 Å². The highest BCUT2D eigenvalue weighted by atomic mass is 16.1. The number of para-hydroxylation sites is 1. The van der Waals surface area contributed by atoms with Gasteiger partial charge in [0.15, 0.2) is 5.82 Å². The van der Waals surface area contributed by atoms with E-state index in [1.165, 1.54) is 11.8 Å². The molecular formula is C21H17N5O. The lowest BCUT2D eigenvalue weighted by Gasteiger charge is -2.29. The number of nitrogens with one attached hydrogen (secondary N) is 1. The third-order valence-corrected chi connectivity index (χ3v) is 4.52. The molecule has 2 aromatic carbocycles. The van der Waals surface area contributed by atoms with Gasteiger partial charge >= 0.3 is 0 Å². The lowest BCUT2D eigenvalue weighted by Crippen LogP contribution is -2.27. The molecule has 132 valence electrons. The van der Waals surface area contributed by atoms with E-state index in [2.05, 4.69) is 21.4 Å². The fraction of sp³-hybridized carbons (Fsp3) is 0.143. The smallest absolute Gasteiger partial charge is 0.256 e. The van der Waals surface area contributed by atoms with Crippen LogP contribution < -0.4 is 10.2 Å². The van der Waals surface area contributed by atoms with Crippen molar-refractivity contribution >= 4 is 23.4 Å². The molecule has 0 unspecified atom stereocenters. The molecule has 0 saturated heterocycles. The van der Waals surface area contributed by atoms with Gasteiger partial charge in [-0.2, -0.15) is 10.2 Å². The Labute approximate surface area is 157 Å². The number of fused-ring (bicyclic) bond motifs is 1. The maximum atomic E-state index is 12.5. The average molecular weight is 355 g/mol. The first-order valence-electron chi connectivity index (χ1n) is 8.75. The fourth-order valence-electron chi connectivity index (χ4n) is 3.19. The summed E-state index contributed by atoms with van der Waals surface area (Å²) < 4.78 is 0. The molecule has 1 N–H and O–H groups in total. The quantitative estimate of drug-likeness (QED) is 0.775. The van der Waals surface area contributed by atoms with E-state index in [1.807, 2.05) is 35.2 Å². The normalized spacial score (nSPS) is 12.8. The number of carbonyl (C=O) groups is 1. The van der Waals surface area contributed by atoms with Crippen LogP contribution in [0.4, 0.5) is 17.5 Å². The zero-order valence-corrected chi connectivity index (χ0v) is 14.6. The largest absolute Gasteiger partial charge is 0.310 e. The molecule has 0 atom stereocenters. The maximum absolute atomic E-state index is 12.5. The Bertz CT molecular complexity index is 1030. The molecule has 0 fully saturated rings. The van der Waals surface area contributed by atoms with Crippen molar-refractivity contribution in [3.05, 3.63) is 77.5 Å². The van der Waals surface area contributed by atoms with Crippen LogP contribution in [0.2, 0.25) is 0 Å². The number of nitrogens with zero attached hydrogens (tertiary/aromatic N) is 4. The molecule has 1 aliphatic heterocycles. The van der Waals surface area contributed by atoms with Gasteiger partial charge in [0.05, 0.1) is 6.20 Å². The van der Waals surface area contributed by atoms with Crippen LogP contribution in [-0.4, -0.2) is 22.4 Å². The number of nitriles is 1. The molecule has 4 rings (SSSR count). The van der Waals surface area contributed by atoms with Crippen molar-refractivity contribution in [2.75, 3.05) is 16.8 Å². The SMILES string of the molecule is N#Cc1cnc(N2CCCc3ccccc32)nc1NC(=O)c1ccccc1. The minimum atomic E-state index is -0.309. The van der Waals surface area contributed by atoms with Crippen LogP contribution in [0.1, 0.15) is 27.9 Å². The van der Waals surface area contributed by atoms with Crippen molar-refractivity contribution in [2.24, 2.45) is 0 Å². The van der Waals surface area contributed by atoms with Gasteiger partial charge in [-0.25, -0.2) is 4.98 Å². The van der Waals surface area contributed by atoms with Gasteiger partial charge in [-0.3, -0.25) is 4.79 Å². The second-order valence-corrected chi connectivity index (χ2v) is 6.25. The Hall–Kier alpha value is -3.72. The van der Waals surface area contributed by atoms with Crippen LogP contribution in [0.5, 0.6) is 0 Å². The first kappa shape index (κ1) is 16.7. The van der Waals surface area contributed by atoms with Crippen molar-refractivity contribution in [3.8, 4) is 6.07 Å². The van der Waals surface area contributed by atoms with Crippen molar-refractivity contribution < 1.29 is 4.79 Å². The Morgan fingerprint density at radius 1 is 1.11 bits per heavy atom. The summed E-state index contributed by atoms with van der Waals surface area (Å²) in [5.41, 5.74) is 3.04. The van der Waals surface area contributed by atoms with E-state index in [-0.39, 0.29) is 17.3 Å². The number of anilines is 3. The molecular weight excluding hydrogens is 338 g/mol. The van der Waals surface area contributed by atoms with Crippen molar-refractivity contribution in [2.45, 2.75) is 12.8 Å². The van der Waals surface area contributed by atoms with Crippen LogP contribution in [0.3, 0.4) is 0 Å². The van der Waals surface area contributed by atoms with Gasteiger partial charge in [0.1, 0.15) is 11.6 Å². The zero-order valence-electron chi connectivity index (χ0n) is 14.6. The molecule has 0 aliphatic carbocycles. The molecule has 27 heavy (non-hydrogen) atoms. The Morgan fingerprint density at radius 3 is 2.70 bits per heavy atom. The fourth-order valence-corrected chi connectivity index (χ4v) is 3.19. The number of carbonyl (C=O) groups excluding carboxylic acids is 1. The number of amides is 1. The lowest BCUT2D eigenvalue weighted by molar-refractivity contribution is 0.102. The molecule has 0 saturated carbocycles. The third-order valence-electron chi connectivity index (χ3n) is 4.52. The summed E-state index contributed by atoms with van der Waals surface area (Å²) in [6, 6.07) is 19.0. The molecule has 0 bridgehead atoms. The Balaban J connectivity index is 1.68. The van der Waals surface area contributed by atoms with Gasteiger partial charge in [-0.05, 0) is 36.6 Å².